The number of carboxylic acid groups (broad SMARTS) is 1. The summed E-state index contributed by atoms with van der Waals surface area (Å²) in [4.78, 5) is 13.5. The Morgan fingerprint density at radius 2 is 1.94 bits per heavy atom. The average Bonchev–Trinajstić information content (AvgIpc) is 3.45. The van der Waals surface area contributed by atoms with Crippen LogP contribution in [0.5, 0.6) is 11.5 Å². The number of pyridine rings is 1. The van der Waals surface area contributed by atoms with Crippen molar-refractivity contribution in [3.05, 3.63) is 59.4 Å². The van der Waals surface area contributed by atoms with Gasteiger partial charge in [0, 0.05) is 22.3 Å². The summed E-state index contributed by atoms with van der Waals surface area (Å²) in [6.45, 7) is 2.11. The third-order valence-electron chi connectivity index (χ3n) is 6.06. The summed E-state index contributed by atoms with van der Waals surface area (Å²) in [5, 5.41) is 26.4. The van der Waals surface area contributed by atoms with Crippen LogP contribution in [-0.2, 0) is 6.54 Å². The van der Waals surface area contributed by atoms with Gasteiger partial charge in [-0.1, -0.05) is 0 Å². The lowest BCUT2D eigenvalue weighted by Gasteiger charge is -2.24. The van der Waals surface area contributed by atoms with Crippen LogP contribution < -0.4 is 14.4 Å². The Labute approximate surface area is 186 Å². The minimum Gasteiger partial charge on any atom is -0.493 e. The van der Waals surface area contributed by atoms with E-state index in [4.69, 9.17) is 9.47 Å². The molecule has 3 aromatic heterocycles. The largest absolute Gasteiger partial charge is 0.493 e. The minimum atomic E-state index is -1.27. The molecular weight excluding hydrogens is 431 g/mol. The van der Waals surface area contributed by atoms with Crippen LogP contribution in [0.2, 0.25) is 0 Å². The predicted molar refractivity (Wildman–Crippen MR) is 113 cm³/mol. The molecule has 10 nitrogen and oxygen atoms in total. The summed E-state index contributed by atoms with van der Waals surface area (Å²) in [6, 6.07) is 6.39. The second-order valence-electron chi connectivity index (χ2n) is 7.93. The Hall–Kier alpha value is -4.28. The van der Waals surface area contributed by atoms with Gasteiger partial charge in [0.15, 0.2) is 17.2 Å². The Morgan fingerprint density at radius 3 is 2.73 bits per heavy atom. The first-order chi connectivity index (χ1) is 16.0. The van der Waals surface area contributed by atoms with Crippen LogP contribution in [0.25, 0.3) is 16.8 Å². The van der Waals surface area contributed by atoms with E-state index in [1.54, 1.807) is 28.8 Å². The van der Waals surface area contributed by atoms with Gasteiger partial charge in [0.1, 0.15) is 17.9 Å². The van der Waals surface area contributed by atoms with E-state index >= 15 is 0 Å². The smallest absolute Gasteiger partial charge is 0.413 e. The lowest BCUT2D eigenvalue weighted by Crippen LogP contribution is -2.31. The van der Waals surface area contributed by atoms with E-state index < -0.39 is 11.9 Å². The maximum absolute atomic E-state index is 14.9. The second kappa shape index (κ2) is 7.12. The molecule has 1 aromatic carbocycles. The minimum absolute atomic E-state index is 0.185. The maximum Gasteiger partial charge on any atom is 0.413 e. The fraction of sp³-hybridized carbons (Fsp3) is 0.227. The number of amides is 1. The molecule has 1 atom stereocenters. The van der Waals surface area contributed by atoms with E-state index in [9.17, 15) is 14.3 Å². The third kappa shape index (κ3) is 2.89. The molecule has 0 aliphatic carbocycles. The van der Waals surface area contributed by atoms with E-state index in [2.05, 4.69) is 20.4 Å². The van der Waals surface area contributed by atoms with Gasteiger partial charge in [-0.3, -0.25) is 9.30 Å². The quantitative estimate of drug-likeness (QED) is 0.472. The van der Waals surface area contributed by atoms with Gasteiger partial charge in [-0.15, -0.1) is 10.2 Å². The summed E-state index contributed by atoms with van der Waals surface area (Å²) < 4.78 is 28.4. The van der Waals surface area contributed by atoms with Crippen LogP contribution >= 0.6 is 0 Å². The fourth-order valence-electron chi connectivity index (χ4n) is 4.54. The van der Waals surface area contributed by atoms with Crippen LogP contribution in [0.1, 0.15) is 22.7 Å². The SMILES string of the molecule is Cc1nnccc1-c1cc2c(n3cnnc13)N(C(=O)O)Cc1c(F)ccc3c1[C@@H](CO3)CO2. The molecule has 33 heavy (non-hydrogen) atoms. The number of benzene rings is 1. The van der Waals surface area contributed by atoms with Crippen molar-refractivity contribution in [2.24, 2.45) is 0 Å². The van der Waals surface area contributed by atoms with Crippen molar-refractivity contribution in [3.8, 4) is 22.6 Å². The lowest BCUT2D eigenvalue weighted by molar-refractivity contribution is 0.200. The first-order valence-corrected chi connectivity index (χ1v) is 10.3. The van der Waals surface area contributed by atoms with E-state index in [1.165, 1.54) is 12.4 Å². The Kier molecular flexibility index (Phi) is 4.19. The molecule has 1 N–H and O–H groups in total. The summed E-state index contributed by atoms with van der Waals surface area (Å²) in [7, 11) is 0. The number of ether oxygens (including phenoxy) is 2. The van der Waals surface area contributed by atoms with Gasteiger partial charge in [0.05, 0.1) is 37.6 Å². The molecule has 1 amide bonds. The van der Waals surface area contributed by atoms with Crippen molar-refractivity contribution in [2.45, 2.75) is 19.4 Å². The van der Waals surface area contributed by atoms with Crippen LogP contribution in [0, 0.1) is 12.7 Å². The van der Waals surface area contributed by atoms with E-state index in [1.807, 2.05) is 6.92 Å². The molecule has 166 valence electrons. The maximum atomic E-state index is 14.9. The zero-order valence-corrected chi connectivity index (χ0v) is 17.4. The Morgan fingerprint density at radius 1 is 1.12 bits per heavy atom. The van der Waals surface area contributed by atoms with Crippen molar-refractivity contribution in [2.75, 3.05) is 18.1 Å². The second-order valence-corrected chi connectivity index (χ2v) is 7.93. The third-order valence-corrected chi connectivity index (χ3v) is 6.06. The molecule has 0 unspecified atom stereocenters. The molecule has 0 saturated heterocycles. The monoisotopic (exact) mass is 448 g/mol. The van der Waals surface area contributed by atoms with Crippen LogP contribution in [0.4, 0.5) is 15.0 Å². The number of hydrogen-bond acceptors (Lipinski definition) is 7. The van der Waals surface area contributed by atoms with Gasteiger partial charge in [-0.2, -0.15) is 10.2 Å². The van der Waals surface area contributed by atoms with Crippen LogP contribution in [-0.4, -0.2) is 49.2 Å². The zero-order valence-electron chi connectivity index (χ0n) is 17.4. The molecule has 0 saturated carbocycles. The first-order valence-electron chi connectivity index (χ1n) is 10.3. The topological polar surface area (TPSA) is 115 Å². The molecule has 0 spiro atoms. The standard InChI is InChI=1S/C22H17FN6O4/c1-11-13(4-5-24-26-11)14-6-18-21(29-10-25-27-20(14)29)28(22(30)31)7-15-16(23)2-3-17-19(15)12(8-32-17)9-33-18/h2-6,10,12H,7-9H2,1H3,(H,30,31)/t12-/m0/s1. The summed E-state index contributed by atoms with van der Waals surface area (Å²) >= 11 is 0. The molecule has 5 heterocycles. The van der Waals surface area contributed by atoms with E-state index in [0.29, 0.717) is 40.6 Å². The average molecular weight is 448 g/mol. The summed E-state index contributed by atoms with van der Waals surface area (Å²) in [6.07, 6.45) is 1.72. The van der Waals surface area contributed by atoms with Crippen molar-refractivity contribution in [1.29, 1.82) is 0 Å². The summed E-state index contributed by atoms with van der Waals surface area (Å²) in [5.41, 5.74) is 3.42. The van der Waals surface area contributed by atoms with E-state index in [-0.39, 0.29) is 30.5 Å². The number of aryl methyl sites for hydroxylation is 1. The van der Waals surface area contributed by atoms with Gasteiger partial charge in [-0.05, 0) is 31.2 Å². The molecular formula is C22H17FN6O4. The molecule has 2 aliphatic rings. The zero-order chi connectivity index (χ0) is 22.7. The number of hydrogen-bond donors (Lipinski definition) is 1. The highest BCUT2D eigenvalue weighted by atomic mass is 19.1. The van der Waals surface area contributed by atoms with Crippen molar-refractivity contribution in [3.63, 3.8) is 0 Å². The van der Waals surface area contributed by atoms with Crippen LogP contribution in [0.15, 0.2) is 36.8 Å². The lowest BCUT2D eigenvalue weighted by atomic mass is 9.95. The van der Waals surface area contributed by atoms with Gasteiger partial charge in [0.2, 0.25) is 0 Å². The number of aromatic nitrogens is 5. The fourth-order valence-corrected chi connectivity index (χ4v) is 4.54. The van der Waals surface area contributed by atoms with Crippen molar-refractivity contribution < 1.29 is 23.8 Å². The number of anilines is 1. The molecule has 6 rings (SSSR count). The number of carbonyl (C=O) groups is 1. The highest BCUT2D eigenvalue weighted by Gasteiger charge is 2.35. The van der Waals surface area contributed by atoms with Gasteiger partial charge in [-0.25, -0.2) is 9.18 Å². The van der Waals surface area contributed by atoms with Crippen molar-refractivity contribution >= 4 is 17.6 Å². The number of rotatable bonds is 1. The molecule has 0 bridgehead atoms. The Balaban J connectivity index is 1.62. The summed E-state index contributed by atoms with van der Waals surface area (Å²) in [5.74, 6) is 0.317. The predicted octanol–water partition coefficient (Wildman–Crippen LogP) is 3.19. The molecule has 4 aromatic rings. The molecule has 0 fully saturated rings. The van der Waals surface area contributed by atoms with Gasteiger partial charge < -0.3 is 14.6 Å². The molecule has 2 aliphatic heterocycles. The van der Waals surface area contributed by atoms with Crippen molar-refractivity contribution in [1.82, 2.24) is 24.8 Å². The van der Waals surface area contributed by atoms with Gasteiger partial charge in [0.25, 0.3) is 0 Å². The Bertz CT molecular complexity index is 1440. The highest BCUT2D eigenvalue weighted by Crippen LogP contribution is 2.43. The molecule has 11 heteroatoms. The number of nitrogens with zero attached hydrogens (tertiary/aromatic N) is 6. The molecule has 0 radical (unpaired) electrons. The number of fused-ring (bicyclic) bond motifs is 3. The normalized spacial score (nSPS) is 16.8. The van der Waals surface area contributed by atoms with Crippen LogP contribution in [0.3, 0.4) is 0 Å². The van der Waals surface area contributed by atoms with E-state index in [0.717, 1.165) is 10.5 Å². The highest BCUT2D eigenvalue weighted by molar-refractivity contribution is 5.91. The first kappa shape index (κ1) is 19.4. The van der Waals surface area contributed by atoms with Gasteiger partial charge >= 0.3 is 6.09 Å². The number of halogens is 1.